The average molecular weight is 408 g/mol. The molecule has 19 heavy (non-hydrogen) atoms. The topological polar surface area (TPSA) is 25.2 Å². The van der Waals surface area contributed by atoms with E-state index in [0.29, 0.717) is 12.6 Å². The molecule has 0 spiro atoms. The lowest BCUT2D eigenvalue weighted by Crippen LogP contribution is -2.19. The minimum absolute atomic E-state index is 0.292. The van der Waals surface area contributed by atoms with E-state index < -0.39 is 0 Å². The summed E-state index contributed by atoms with van der Waals surface area (Å²) in [5.41, 5.74) is 1.23. The maximum absolute atomic E-state index is 5.91. The monoisotopic (exact) mass is 405 g/mol. The first-order valence-corrected chi connectivity index (χ1v) is 7.99. The van der Waals surface area contributed by atoms with Gasteiger partial charge in [0.05, 0.1) is 11.0 Å². The van der Waals surface area contributed by atoms with Gasteiger partial charge in [0.25, 0.3) is 0 Å². The van der Waals surface area contributed by atoms with Crippen LogP contribution in [0, 0.1) is 0 Å². The lowest BCUT2D eigenvalue weighted by Gasteiger charge is -2.16. The van der Waals surface area contributed by atoms with Crippen LogP contribution in [-0.2, 0) is 6.54 Å². The molecule has 1 aromatic heterocycles. The Morgan fingerprint density at radius 3 is 2.47 bits per heavy atom. The number of furan rings is 1. The largest absolute Gasteiger partial charge is 0.452 e. The number of hydrogen-bond acceptors (Lipinski definition) is 2. The summed E-state index contributed by atoms with van der Waals surface area (Å²) in [5, 5.41) is 4.25. The van der Waals surface area contributed by atoms with Gasteiger partial charge in [-0.25, -0.2) is 0 Å². The highest BCUT2D eigenvalue weighted by molar-refractivity contribution is 9.13. The van der Waals surface area contributed by atoms with E-state index in [1.165, 1.54) is 5.56 Å². The van der Waals surface area contributed by atoms with Crippen molar-refractivity contribution >= 4 is 43.5 Å². The summed E-state index contributed by atoms with van der Waals surface area (Å²) in [7, 11) is 0. The highest BCUT2D eigenvalue weighted by atomic mass is 79.9. The van der Waals surface area contributed by atoms with Crippen molar-refractivity contribution in [3.8, 4) is 0 Å². The van der Waals surface area contributed by atoms with Gasteiger partial charge in [-0.2, -0.15) is 0 Å². The van der Waals surface area contributed by atoms with Crippen LogP contribution >= 0.6 is 43.5 Å². The summed E-state index contributed by atoms with van der Waals surface area (Å²) in [5.74, 6) is 0.895. The van der Waals surface area contributed by atoms with E-state index in [1.807, 2.05) is 18.2 Å². The van der Waals surface area contributed by atoms with Crippen LogP contribution in [0.2, 0.25) is 5.02 Å². The van der Waals surface area contributed by atoms with E-state index in [2.05, 4.69) is 56.2 Å². The Labute approximate surface area is 134 Å². The van der Waals surface area contributed by atoms with E-state index in [1.54, 1.807) is 0 Å². The second kappa shape index (κ2) is 6.93. The van der Waals surface area contributed by atoms with E-state index >= 15 is 0 Å². The molecule has 1 unspecified atom stereocenters. The third-order valence-electron chi connectivity index (χ3n) is 2.90. The molecule has 0 bridgehead atoms. The molecule has 0 saturated heterocycles. The lowest BCUT2D eigenvalue weighted by atomic mass is 10.0. The molecule has 2 nitrogen and oxygen atoms in total. The van der Waals surface area contributed by atoms with Crippen LogP contribution in [0.15, 0.2) is 43.9 Å². The Balaban J connectivity index is 2.01. The van der Waals surface area contributed by atoms with Crippen molar-refractivity contribution in [1.29, 1.82) is 0 Å². The van der Waals surface area contributed by atoms with Gasteiger partial charge in [0.1, 0.15) is 5.76 Å². The summed E-state index contributed by atoms with van der Waals surface area (Å²) in [6.07, 6.45) is 1.00. The van der Waals surface area contributed by atoms with Crippen molar-refractivity contribution in [2.24, 2.45) is 0 Å². The van der Waals surface area contributed by atoms with E-state index in [4.69, 9.17) is 16.0 Å². The van der Waals surface area contributed by atoms with Crippen molar-refractivity contribution in [2.75, 3.05) is 0 Å². The van der Waals surface area contributed by atoms with Crippen LogP contribution in [0.25, 0.3) is 0 Å². The zero-order valence-electron chi connectivity index (χ0n) is 10.4. The molecule has 0 aliphatic heterocycles. The predicted molar refractivity (Wildman–Crippen MR) is 85.4 cm³/mol. The molecule has 0 amide bonds. The molecule has 1 atom stereocenters. The minimum atomic E-state index is 0.292. The average Bonchev–Trinajstić information content (AvgIpc) is 2.71. The van der Waals surface area contributed by atoms with Gasteiger partial charge >= 0.3 is 0 Å². The molecule has 0 aliphatic carbocycles. The van der Waals surface area contributed by atoms with Crippen LogP contribution in [0.5, 0.6) is 0 Å². The molecule has 0 fully saturated rings. The zero-order valence-corrected chi connectivity index (χ0v) is 14.3. The summed E-state index contributed by atoms with van der Waals surface area (Å²) < 4.78 is 7.21. The first-order chi connectivity index (χ1) is 9.10. The number of rotatable bonds is 5. The van der Waals surface area contributed by atoms with Crippen molar-refractivity contribution in [3.05, 3.63) is 55.8 Å². The maximum atomic E-state index is 5.91. The molecular weight excluding hydrogens is 393 g/mol. The molecule has 5 heteroatoms. The highest BCUT2D eigenvalue weighted by Gasteiger charge is 2.11. The van der Waals surface area contributed by atoms with Crippen molar-refractivity contribution in [1.82, 2.24) is 5.32 Å². The summed E-state index contributed by atoms with van der Waals surface area (Å²) in [6.45, 7) is 2.84. The third kappa shape index (κ3) is 4.09. The molecule has 1 heterocycles. The van der Waals surface area contributed by atoms with Crippen LogP contribution in [0.1, 0.15) is 30.7 Å². The molecule has 0 aliphatic rings. The van der Waals surface area contributed by atoms with E-state index in [9.17, 15) is 0 Å². The lowest BCUT2D eigenvalue weighted by molar-refractivity contribution is 0.432. The molecule has 0 saturated carbocycles. The SMILES string of the molecule is CCC(NCc1cc(Br)c(Br)o1)c1ccc(Cl)cc1. The van der Waals surface area contributed by atoms with Gasteiger partial charge in [-0.05, 0) is 62.0 Å². The Hall–Kier alpha value is -0.290. The van der Waals surface area contributed by atoms with Crippen molar-refractivity contribution in [2.45, 2.75) is 25.9 Å². The summed E-state index contributed by atoms with van der Waals surface area (Å²) in [6, 6.07) is 10.2. The van der Waals surface area contributed by atoms with Crippen molar-refractivity contribution in [3.63, 3.8) is 0 Å². The van der Waals surface area contributed by atoms with Crippen LogP contribution in [-0.4, -0.2) is 0 Å². The molecule has 2 rings (SSSR count). The second-order valence-corrected chi connectivity index (χ2v) is 6.24. The first kappa shape index (κ1) is 15.1. The smallest absolute Gasteiger partial charge is 0.183 e. The maximum Gasteiger partial charge on any atom is 0.183 e. The van der Waals surface area contributed by atoms with Crippen LogP contribution in [0.3, 0.4) is 0 Å². The third-order valence-corrected chi connectivity index (χ3v) is 4.86. The van der Waals surface area contributed by atoms with Crippen LogP contribution < -0.4 is 5.32 Å². The number of halogens is 3. The Kier molecular flexibility index (Phi) is 5.51. The number of benzene rings is 1. The second-order valence-electron chi connectivity index (χ2n) is 4.23. The number of hydrogen-bond donors (Lipinski definition) is 1. The van der Waals surface area contributed by atoms with Gasteiger partial charge in [0.2, 0.25) is 0 Å². The standard InChI is InChI=1S/C14H14Br2ClNO/c1-2-13(9-3-5-10(17)6-4-9)18-8-11-7-12(15)14(16)19-11/h3-7,13,18H,2,8H2,1H3. The van der Waals surface area contributed by atoms with Gasteiger partial charge in [-0.3, -0.25) is 0 Å². The highest BCUT2D eigenvalue weighted by Crippen LogP contribution is 2.27. The molecule has 0 radical (unpaired) electrons. The zero-order chi connectivity index (χ0) is 13.8. The Morgan fingerprint density at radius 1 is 1.26 bits per heavy atom. The molecule has 1 aromatic carbocycles. The van der Waals surface area contributed by atoms with Gasteiger partial charge < -0.3 is 9.73 Å². The predicted octanol–water partition coefficient (Wildman–Crippen LogP) is 5.70. The molecular formula is C14H14Br2ClNO. The molecule has 2 aromatic rings. The molecule has 102 valence electrons. The fraction of sp³-hybridized carbons (Fsp3) is 0.286. The normalized spacial score (nSPS) is 12.6. The summed E-state index contributed by atoms with van der Waals surface area (Å²) >= 11 is 12.7. The van der Waals surface area contributed by atoms with Gasteiger partial charge in [-0.15, -0.1) is 0 Å². The van der Waals surface area contributed by atoms with Gasteiger partial charge in [0.15, 0.2) is 4.67 Å². The Morgan fingerprint density at radius 2 is 1.95 bits per heavy atom. The van der Waals surface area contributed by atoms with Crippen molar-refractivity contribution < 1.29 is 4.42 Å². The molecule has 1 N–H and O–H groups in total. The fourth-order valence-electron chi connectivity index (χ4n) is 1.90. The van der Waals surface area contributed by atoms with Gasteiger partial charge in [0, 0.05) is 11.1 Å². The summed E-state index contributed by atoms with van der Waals surface area (Å²) in [4.78, 5) is 0. The fourth-order valence-corrected chi connectivity index (χ4v) is 2.68. The minimum Gasteiger partial charge on any atom is -0.452 e. The first-order valence-electron chi connectivity index (χ1n) is 6.02. The van der Waals surface area contributed by atoms with E-state index in [0.717, 1.165) is 26.3 Å². The quantitative estimate of drug-likeness (QED) is 0.688. The Bertz CT molecular complexity index is 519. The van der Waals surface area contributed by atoms with Gasteiger partial charge in [-0.1, -0.05) is 30.7 Å². The number of nitrogens with one attached hydrogen (secondary N) is 1. The van der Waals surface area contributed by atoms with Crippen LogP contribution in [0.4, 0.5) is 0 Å². The van der Waals surface area contributed by atoms with E-state index in [-0.39, 0.29) is 0 Å².